The number of halogens is 1. The molecule has 0 heterocycles. The molecule has 2 N–H and O–H groups in total. The van der Waals surface area contributed by atoms with Gasteiger partial charge in [-0.15, -0.1) is 24.0 Å². The van der Waals surface area contributed by atoms with Crippen molar-refractivity contribution in [2.24, 2.45) is 4.99 Å². The van der Waals surface area contributed by atoms with Gasteiger partial charge in [0.15, 0.2) is 5.96 Å². The maximum Gasteiger partial charge on any atom is 0.328 e. The van der Waals surface area contributed by atoms with Gasteiger partial charge in [0, 0.05) is 6.54 Å². The molecule has 0 fully saturated rings. The lowest BCUT2D eigenvalue weighted by Gasteiger charge is -2.21. The fourth-order valence-electron chi connectivity index (χ4n) is 2.19. The quantitative estimate of drug-likeness (QED) is 0.314. The van der Waals surface area contributed by atoms with Crippen molar-refractivity contribution in [3.63, 3.8) is 0 Å². The number of guanidine groups is 1. The summed E-state index contributed by atoms with van der Waals surface area (Å²) in [7, 11) is 0. The number of aryl methyl sites for hydroxylation is 1. The first-order chi connectivity index (χ1) is 10.7. The number of benzene rings is 1. The van der Waals surface area contributed by atoms with Crippen molar-refractivity contribution in [1.29, 1.82) is 0 Å². The van der Waals surface area contributed by atoms with Gasteiger partial charge in [-0.3, -0.25) is 4.79 Å². The van der Waals surface area contributed by atoms with Crippen LogP contribution in [-0.2, 0) is 9.53 Å². The van der Waals surface area contributed by atoms with Gasteiger partial charge in [0.1, 0.15) is 12.1 Å². The van der Waals surface area contributed by atoms with Crippen molar-refractivity contribution in [1.82, 2.24) is 10.6 Å². The van der Waals surface area contributed by atoms with E-state index >= 15 is 0 Å². The normalized spacial score (nSPS) is 12.8. The molecule has 0 saturated heterocycles. The fraction of sp³-hybridized carbons (Fsp3) is 0.556. The van der Waals surface area contributed by atoms with E-state index in [4.69, 9.17) is 4.74 Å². The first-order valence-electron chi connectivity index (χ1n) is 8.05. The molecule has 0 bridgehead atoms. The summed E-state index contributed by atoms with van der Waals surface area (Å²) in [6.45, 7) is 12.4. The number of hydrogen-bond donors (Lipinski definition) is 2. The maximum absolute atomic E-state index is 11.8. The van der Waals surface area contributed by atoms with Crippen molar-refractivity contribution in [2.75, 3.05) is 13.1 Å². The second-order valence-corrected chi connectivity index (χ2v) is 6.50. The average Bonchev–Trinajstić information content (AvgIpc) is 2.43. The number of esters is 1. The van der Waals surface area contributed by atoms with Crippen LogP contribution in [0.15, 0.2) is 29.3 Å². The number of carbonyl (C=O) groups excluding carboxylic acids is 1. The molecule has 0 aliphatic carbocycles. The molecule has 136 valence electrons. The summed E-state index contributed by atoms with van der Waals surface area (Å²) >= 11 is 0. The third kappa shape index (κ3) is 8.52. The van der Waals surface area contributed by atoms with Crippen molar-refractivity contribution in [2.45, 2.75) is 53.2 Å². The average molecular weight is 447 g/mol. The van der Waals surface area contributed by atoms with Gasteiger partial charge >= 0.3 is 5.97 Å². The first-order valence-corrected chi connectivity index (χ1v) is 8.05. The topological polar surface area (TPSA) is 62.7 Å². The van der Waals surface area contributed by atoms with E-state index in [1.807, 2.05) is 39.8 Å². The van der Waals surface area contributed by atoms with Gasteiger partial charge in [-0.25, -0.2) is 4.99 Å². The van der Waals surface area contributed by atoms with Gasteiger partial charge in [0.2, 0.25) is 0 Å². The summed E-state index contributed by atoms with van der Waals surface area (Å²) in [5.74, 6) is 0.271. The van der Waals surface area contributed by atoms with E-state index in [0.717, 1.165) is 6.54 Å². The minimum Gasteiger partial charge on any atom is -0.459 e. The Kier molecular flexibility index (Phi) is 9.96. The molecule has 24 heavy (non-hydrogen) atoms. The highest BCUT2D eigenvalue weighted by Gasteiger charge is 2.16. The number of ether oxygens (including phenoxy) is 1. The van der Waals surface area contributed by atoms with Gasteiger partial charge in [-0.05, 0) is 52.7 Å². The Balaban J connectivity index is 0.00000529. The van der Waals surface area contributed by atoms with Gasteiger partial charge in [-0.2, -0.15) is 0 Å². The molecule has 1 atom stereocenters. The Hall–Kier alpha value is -1.31. The summed E-state index contributed by atoms with van der Waals surface area (Å²) in [6, 6.07) is 8.30. The Bertz CT molecular complexity index is 553. The van der Waals surface area contributed by atoms with Crippen molar-refractivity contribution in [3.8, 4) is 0 Å². The zero-order valence-electron chi connectivity index (χ0n) is 15.5. The molecular weight excluding hydrogens is 417 g/mol. The highest BCUT2D eigenvalue weighted by molar-refractivity contribution is 14.0. The van der Waals surface area contributed by atoms with Crippen LogP contribution >= 0.6 is 24.0 Å². The molecule has 0 aromatic heterocycles. The Morgan fingerprint density at radius 1 is 1.29 bits per heavy atom. The zero-order valence-corrected chi connectivity index (χ0v) is 17.8. The summed E-state index contributed by atoms with van der Waals surface area (Å²) in [6.07, 6.45) is 0. The lowest BCUT2D eigenvalue weighted by Crippen LogP contribution is -2.39. The number of hydrogen-bond acceptors (Lipinski definition) is 3. The largest absolute Gasteiger partial charge is 0.459 e. The van der Waals surface area contributed by atoms with E-state index < -0.39 is 5.60 Å². The molecule has 0 aliphatic rings. The van der Waals surface area contributed by atoms with Gasteiger partial charge in [-0.1, -0.05) is 24.3 Å². The highest BCUT2D eigenvalue weighted by Crippen LogP contribution is 2.16. The lowest BCUT2D eigenvalue weighted by atomic mass is 10.0. The number of nitrogens with one attached hydrogen (secondary N) is 2. The Labute approximate surface area is 162 Å². The van der Waals surface area contributed by atoms with Crippen LogP contribution in [-0.4, -0.2) is 30.6 Å². The van der Waals surface area contributed by atoms with E-state index in [2.05, 4.69) is 41.6 Å². The Morgan fingerprint density at radius 2 is 1.92 bits per heavy atom. The molecular formula is C18H30IN3O2. The van der Waals surface area contributed by atoms with Crippen LogP contribution in [0.25, 0.3) is 0 Å². The van der Waals surface area contributed by atoms with E-state index in [9.17, 15) is 4.79 Å². The first kappa shape index (κ1) is 22.7. The van der Waals surface area contributed by atoms with Gasteiger partial charge < -0.3 is 15.4 Å². The lowest BCUT2D eigenvalue weighted by molar-refractivity contribution is -0.152. The molecule has 0 saturated carbocycles. The van der Waals surface area contributed by atoms with Crippen LogP contribution in [0.3, 0.4) is 0 Å². The minimum atomic E-state index is -0.493. The number of nitrogens with zero attached hydrogens (tertiary/aromatic N) is 1. The van der Waals surface area contributed by atoms with Crippen LogP contribution in [0.2, 0.25) is 0 Å². The predicted molar refractivity (Wildman–Crippen MR) is 110 cm³/mol. The molecule has 0 amide bonds. The second kappa shape index (κ2) is 10.5. The van der Waals surface area contributed by atoms with Crippen LogP contribution in [0, 0.1) is 6.92 Å². The zero-order chi connectivity index (χ0) is 17.5. The summed E-state index contributed by atoms with van der Waals surface area (Å²) in [5, 5.41) is 6.48. The highest BCUT2D eigenvalue weighted by atomic mass is 127. The van der Waals surface area contributed by atoms with Crippen LogP contribution < -0.4 is 10.6 Å². The molecule has 6 heteroatoms. The summed E-state index contributed by atoms with van der Waals surface area (Å²) in [5.41, 5.74) is 1.93. The monoisotopic (exact) mass is 447 g/mol. The molecule has 0 aliphatic heterocycles. The molecule has 1 unspecified atom stereocenters. The standard InChI is InChI=1S/C18H29N3O2.HI/c1-7-19-17(20-12-16(22)23-18(4,5)6)21-14(3)15-11-9-8-10-13(15)2;/h8-11,14H,7,12H2,1-6H3,(H2,19,20,21);1H. The summed E-state index contributed by atoms with van der Waals surface area (Å²) < 4.78 is 5.27. The van der Waals surface area contributed by atoms with E-state index in [1.54, 1.807) is 0 Å². The van der Waals surface area contributed by atoms with Gasteiger partial charge in [0.05, 0.1) is 6.04 Å². The molecule has 0 spiro atoms. The third-order valence-corrected chi connectivity index (χ3v) is 3.14. The molecule has 1 rings (SSSR count). The smallest absolute Gasteiger partial charge is 0.328 e. The van der Waals surface area contributed by atoms with E-state index in [0.29, 0.717) is 5.96 Å². The van der Waals surface area contributed by atoms with Gasteiger partial charge in [0.25, 0.3) is 0 Å². The molecule has 1 aromatic carbocycles. The van der Waals surface area contributed by atoms with Crippen LogP contribution in [0.4, 0.5) is 0 Å². The number of carbonyl (C=O) groups is 1. The Morgan fingerprint density at radius 3 is 2.46 bits per heavy atom. The minimum absolute atomic E-state index is 0. The fourth-order valence-corrected chi connectivity index (χ4v) is 2.19. The number of aliphatic imine (C=N–C) groups is 1. The number of rotatable bonds is 5. The van der Waals surface area contributed by atoms with Crippen molar-refractivity contribution in [3.05, 3.63) is 35.4 Å². The van der Waals surface area contributed by atoms with Crippen molar-refractivity contribution >= 4 is 35.9 Å². The molecule has 1 aromatic rings. The van der Waals surface area contributed by atoms with E-state index in [-0.39, 0.29) is 42.5 Å². The van der Waals surface area contributed by atoms with E-state index in [1.165, 1.54) is 11.1 Å². The van der Waals surface area contributed by atoms with Crippen LogP contribution in [0.5, 0.6) is 0 Å². The molecule has 0 radical (unpaired) electrons. The third-order valence-electron chi connectivity index (χ3n) is 3.14. The second-order valence-electron chi connectivity index (χ2n) is 6.50. The maximum atomic E-state index is 11.8. The predicted octanol–water partition coefficient (Wildman–Crippen LogP) is 3.57. The SMILES string of the molecule is CCNC(=NCC(=O)OC(C)(C)C)NC(C)c1ccccc1C.I. The van der Waals surface area contributed by atoms with Crippen molar-refractivity contribution < 1.29 is 9.53 Å². The summed E-state index contributed by atoms with van der Waals surface area (Å²) in [4.78, 5) is 16.1. The molecule has 5 nitrogen and oxygen atoms in total. The van der Waals surface area contributed by atoms with Crippen LogP contribution in [0.1, 0.15) is 51.8 Å².